The quantitative estimate of drug-likeness (QED) is 0.735. The summed E-state index contributed by atoms with van der Waals surface area (Å²) >= 11 is 0. The van der Waals surface area contributed by atoms with Crippen LogP contribution in [0.1, 0.15) is 35.8 Å². The largest absolute Gasteiger partial charge is 0.347 e. The van der Waals surface area contributed by atoms with Crippen molar-refractivity contribution in [2.45, 2.75) is 24.3 Å². The van der Waals surface area contributed by atoms with E-state index >= 15 is 0 Å². The number of rotatable bonds is 6. The molecule has 2 aromatic heterocycles. The van der Waals surface area contributed by atoms with E-state index in [0.29, 0.717) is 0 Å². The topological polar surface area (TPSA) is 53.6 Å². The van der Waals surface area contributed by atoms with E-state index in [1.54, 1.807) is 6.20 Å². The van der Waals surface area contributed by atoms with Gasteiger partial charge in [0.05, 0.1) is 6.04 Å². The third-order valence-corrected chi connectivity index (χ3v) is 4.72. The molecule has 1 fully saturated rings. The molecular formula is C19H20N4. The highest BCUT2D eigenvalue weighted by atomic mass is 15.0. The van der Waals surface area contributed by atoms with Crippen molar-refractivity contribution in [3.05, 3.63) is 84.2 Å². The maximum atomic E-state index is 4.45. The molecule has 0 aliphatic heterocycles. The summed E-state index contributed by atoms with van der Waals surface area (Å²) in [6, 6.07) is 15.0. The van der Waals surface area contributed by atoms with Crippen LogP contribution in [0.25, 0.3) is 0 Å². The maximum Gasteiger partial charge on any atom is 0.127 e. The Morgan fingerprint density at radius 3 is 2.48 bits per heavy atom. The summed E-state index contributed by atoms with van der Waals surface area (Å²) in [6.07, 6.45) is 9.81. The van der Waals surface area contributed by atoms with Crippen molar-refractivity contribution >= 4 is 0 Å². The maximum absolute atomic E-state index is 4.45. The van der Waals surface area contributed by atoms with Gasteiger partial charge in [-0.2, -0.15) is 0 Å². The number of pyridine rings is 1. The minimum absolute atomic E-state index is 0.0641. The summed E-state index contributed by atoms with van der Waals surface area (Å²) in [5, 5.41) is 3.72. The fourth-order valence-electron chi connectivity index (χ4n) is 3.17. The predicted molar refractivity (Wildman–Crippen MR) is 90.0 cm³/mol. The van der Waals surface area contributed by atoms with E-state index in [2.05, 4.69) is 50.6 Å². The summed E-state index contributed by atoms with van der Waals surface area (Å²) in [6.45, 7) is 0.949. The number of benzene rings is 1. The van der Waals surface area contributed by atoms with E-state index in [0.717, 1.165) is 12.4 Å². The number of hydrogen-bond donors (Lipinski definition) is 2. The van der Waals surface area contributed by atoms with Gasteiger partial charge >= 0.3 is 0 Å². The Morgan fingerprint density at radius 2 is 1.83 bits per heavy atom. The molecule has 1 aliphatic rings. The summed E-state index contributed by atoms with van der Waals surface area (Å²) in [4.78, 5) is 11.8. The van der Waals surface area contributed by atoms with Gasteiger partial charge in [0.1, 0.15) is 5.82 Å². The zero-order valence-corrected chi connectivity index (χ0v) is 12.9. The molecule has 1 aliphatic carbocycles. The van der Waals surface area contributed by atoms with E-state index in [1.165, 1.54) is 24.0 Å². The molecule has 116 valence electrons. The molecule has 2 N–H and O–H groups in total. The molecule has 0 saturated heterocycles. The predicted octanol–water partition coefficient (Wildman–Crippen LogP) is 3.22. The highest BCUT2D eigenvalue weighted by Gasteiger charge is 2.44. The molecule has 0 spiro atoms. The summed E-state index contributed by atoms with van der Waals surface area (Å²) in [5.41, 5.74) is 2.89. The van der Waals surface area contributed by atoms with Crippen LogP contribution in [0.2, 0.25) is 0 Å². The van der Waals surface area contributed by atoms with E-state index < -0.39 is 0 Å². The van der Waals surface area contributed by atoms with E-state index in [9.17, 15) is 0 Å². The van der Waals surface area contributed by atoms with Crippen molar-refractivity contribution in [2.24, 2.45) is 0 Å². The number of H-pyrrole nitrogens is 1. The van der Waals surface area contributed by atoms with E-state index in [-0.39, 0.29) is 11.5 Å². The lowest BCUT2D eigenvalue weighted by Crippen LogP contribution is -2.31. The lowest BCUT2D eigenvalue weighted by Gasteiger charge is -2.22. The standard InChI is InChI=1S/C19H20N4/c1-2-4-16(5-3-1)19(8-9-19)14-23-17(18-21-12-13-22-18)15-6-10-20-11-7-15/h1-7,10-13,17,23H,8-9,14H2,(H,21,22)/t17-/m0/s1. The highest BCUT2D eigenvalue weighted by molar-refractivity contribution is 5.32. The first kappa shape index (κ1) is 14.2. The number of imidazole rings is 1. The van der Waals surface area contributed by atoms with Crippen LogP contribution in [-0.2, 0) is 5.41 Å². The number of aromatic nitrogens is 3. The van der Waals surface area contributed by atoms with Crippen molar-refractivity contribution in [2.75, 3.05) is 6.54 Å². The first-order valence-corrected chi connectivity index (χ1v) is 8.06. The van der Waals surface area contributed by atoms with Gasteiger partial charge < -0.3 is 10.3 Å². The minimum atomic E-state index is 0.0641. The monoisotopic (exact) mass is 304 g/mol. The SMILES string of the molecule is c1ccc(C2(CN[C@@H](c3ccncc3)c3ncc[nH]3)CC2)cc1. The van der Waals surface area contributed by atoms with Gasteiger partial charge in [0.25, 0.3) is 0 Å². The van der Waals surface area contributed by atoms with Gasteiger partial charge in [0, 0.05) is 36.7 Å². The van der Waals surface area contributed by atoms with E-state index in [1.807, 2.05) is 30.7 Å². The molecule has 2 heterocycles. The van der Waals surface area contributed by atoms with Crippen LogP contribution in [0.3, 0.4) is 0 Å². The van der Waals surface area contributed by atoms with Gasteiger partial charge in [-0.1, -0.05) is 30.3 Å². The molecule has 0 bridgehead atoms. The van der Waals surface area contributed by atoms with Gasteiger partial charge in [0.15, 0.2) is 0 Å². The summed E-state index contributed by atoms with van der Waals surface area (Å²) in [7, 11) is 0. The smallest absolute Gasteiger partial charge is 0.127 e. The lowest BCUT2D eigenvalue weighted by atomic mass is 9.95. The molecule has 4 heteroatoms. The van der Waals surface area contributed by atoms with Crippen LogP contribution in [-0.4, -0.2) is 21.5 Å². The van der Waals surface area contributed by atoms with Gasteiger partial charge in [-0.15, -0.1) is 0 Å². The Balaban J connectivity index is 1.55. The average Bonchev–Trinajstić information content (AvgIpc) is 3.22. The molecule has 0 amide bonds. The molecule has 4 nitrogen and oxygen atoms in total. The molecular weight excluding hydrogens is 284 g/mol. The third-order valence-electron chi connectivity index (χ3n) is 4.72. The molecule has 0 radical (unpaired) electrons. The highest BCUT2D eigenvalue weighted by Crippen LogP contribution is 2.47. The Kier molecular flexibility index (Phi) is 3.67. The summed E-state index contributed by atoms with van der Waals surface area (Å²) < 4.78 is 0. The molecule has 1 aromatic carbocycles. The third kappa shape index (κ3) is 2.90. The van der Waals surface area contributed by atoms with Crippen molar-refractivity contribution in [1.29, 1.82) is 0 Å². The van der Waals surface area contributed by atoms with Crippen LogP contribution < -0.4 is 5.32 Å². The summed E-state index contributed by atoms with van der Waals surface area (Å²) in [5.74, 6) is 0.945. The number of nitrogens with one attached hydrogen (secondary N) is 2. The number of hydrogen-bond acceptors (Lipinski definition) is 3. The minimum Gasteiger partial charge on any atom is -0.347 e. The molecule has 23 heavy (non-hydrogen) atoms. The van der Waals surface area contributed by atoms with Crippen molar-refractivity contribution in [1.82, 2.24) is 20.3 Å². The molecule has 1 atom stereocenters. The zero-order valence-electron chi connectivity index (χ0n) is 12.9. The van der Waals surface area contributed by atoms with Crippen molar-refractivity contribution in [3.63, 3.8) is 0 Å². The first-order chi connectivity index (χ1) is 11.4. The van der Waals surface area contributed by atoms with Crippen molar-refractivity contribution < 1.29 is 0 Å². The van der Waals surface area contributed by atoms with Gasteiger partial charge in [-0.05, 0) is 36.1 Å². The second kappa shape index (κ2) is 5.97. The second-order valence-electron chi connectivity index (χ2n) is 6.22. The van der Waals surface area contributed by atoms with Crippen LogP contribution in [0.5, 0.6) is 0 Å². The van der Waals surface area contributed by atoms with Gasteiger partial charge in [0.2, 0.25) is 0 Å². The van der Waals surface area contributed by atoms with Crippen molar-refractivity contribution in [3.8, 4) is 0 Å². The molecule has 1 saturated carbocycles. The Morgan fingerprint density at radius 1 is 1.04 bits per heavy atom. The van der Waals surface area contributed by atoms with Crippen LogP contribution >= 0.6 is 0 Å². The zero-order chi connectivity index (χ0) is 15.5. The molecule has 4 rings (SSSR count). The van der Waals surface area contributed by atoms with Crippen LogP contribution in [0.4, 0.5) is 0 Å². The molecule has 0 unspecified atom stereocenters. The van der Waals surface area contributed by atoms with Gasteiger partial charge in [-0.25, -0.2) is 4.98 Å². The lowest BCUT2D eigenvalue weighted by molar-refractivity contribution is 0.516. The molecule has 3 aromatic rings. The fraction of sp³-hybridized carbons (Fsp3) is 0.263. The van der Waals surface area contributed by atoms with Crippen LogP contribution in [0.15, 0.2) is 67.3 Å². The van der Waals surface area contributed by atoms with Gasteiger partial charge in [-0.3, -0.25) is 4.98 Å². The number of nitrogens with zero attached hydrogens (tertiary/aromatic N) is 2. The number of aromatic amines is 1. The average molecular weight is 304 g/mol. The Hall–Kier alpha value is -2.46. The first-order valence-electron chi connectivity index (χ1n) is 8.06. The Bertz CT molecular complexity index is 734. The second-order valence-corrected chi connectivity index (χ2v) is 6.22. The van der Waals surface area contributed by atoms with E-state index in [4.69, 9.17) is 0 Å². The van der Waals surface area contributed by atoms with Crippen LogP contribution in [0, 0.1) is 0 Å². The fourth-order valence-corrected chi connectivity index (χ4v) is 3.17. The normalized spacial score (nSPS) is 16.9. The Labute approximate surface area is 136 Å².